The number of piperidine rings is 1. The zero-order valence-electron chi connectivity index (χ0n) is 24.6. The summed E-state index contributed by atoms with van der Waals surface area (Å²) in [4.78, 5) is 17.6. The minimum atomic E-state index is -3.41. The van der Waals surface area contributed by atoms with Crippen LogP contribution in [0.25, 0.3) is 0 Å². The summed E-state index contributed by atoms with van der Waals surface area (Å²) >= 11 is 1.64. The van der Waals surface area contributed by atoms with Gasteiger partial charge in [-0.3, -0.25) is 9.69 Å². The number of carbonyl (C=O) groups is 1. The van der Waals surface area contributed by atoms with Crippen molar-refractivity contribution in [1.29, 1.82) is 0 Å². The number of hydrogen-bond acceptors (Lipinski definition) is 4. The summed E-state index contributed by atoms with van der Waals surface area (Å²) in [6.07, 6.45) is -2.37. The number of anilines is 1. The monoisotopic (exact) mass is 382 g/mol. The maximum Gasteiger partial charge on any atom is 0.229 e. The second-order valence-corrected chi connectivity index (χ2v) is 7.09. The lowest BCUT2D eigenvalue weighted by Crippen LogP contribution is -2.59. The average Bonchev–Trinajstić information content (AvgIpc) is 3.36. The fourth-order valence-corrected chi connectivity index (χ4v) is 3.97. The Balaban J connectivity index is 2.06. The number of likely N-dealkylation sites (tertiary alicyclic amines) is 1. The number of nitrogens with zero attached hydrogens (tertiary/aromatic N) is 2. The Morgan fingerprint density at radius 3 is 2.81 bits per heavy atom. The summed E-state index contributed by atoms with van der Waals surface area (Å²) in [7, 11) is 1.28. The minimum Gasteiger partial charge on any atom is -0.358 e. The fourth-order valence-electron chi connectivity index (χ4n) is 3.27. The number of rotatable bonds is 7. The molecule has 1 aromatic heterocycles. The van der Waals surface area contributed by atoms with E-state index in [0.29, 0.717) is 18.0 Å². The predicted octanol–water partition coefficient (Wildman–Crippen LogP) is 4.17. The summed E-state index contributed by atoms with van der Waals surface area (Å²) < 4.78 is 85.5. The lowest BCUT2D eigenvalue weighted by molar-refractivity contribution is -0.128. The first-order chi connectivity index (χ1) is 16.7. The fraction of sp³-hybridized carbons (Fsp3) is 0.476. The molecule has 1 aliphatic rings. The van der Waals surface area contributed by atoms with E-state index in [1.54, 1.807) is 11.3 Å². The Kier molecular flexibility index (Phi) is 3.39. The molecule has 140 valence electrons. The third kappa shape index (κ3) is 4.17. The first-order valence-corrected chi connectivity index (χ1v) is 9.27. The summed E-state index contributed by atoms with van der Waals surface area (Å²) in [5.74, 6) is -1.55. The molecule has 1 saturated heterocycles. The van der Waals surface area contributed by atoms with Gasteiger partial charge in [0.1, 0.15) is 5.72 Å². The van der Waals surface area contributed by atoms with E-state index in [-0.39, 0.29) is 12.8 Å². The number of hydrogen-bond donors (Lipinski definition) is 0. The van der Waals surface area contributed by atoms with Crippen molar-refractivity contribution in [1.82, 2.24) is 4.90 Å². The molecule has 0 saturated carbocycles. The molecule has 0 bridgehead atoms. The lowest BCUT2D eigenvalue weighted by atomic mass is 9.96. The van der Waals surface area contributed by atoms with Crippen molar-refractivity contribution in [3.63, 3.8) is 0 Å². The number of ether oxygens (including phenoxy) is 1. The summed E-state index contributed by atoms with van der Waals surface area (Å²) in [5.41, 5.74) is -2.23. The van der Waals surface area contributed by atoms with E-state index in [9.17, 15) is 4.79 Å². The third-order valence-corrected chi connectivity index (χ3v) is 5.64. The molecule has 1 aromatic carbocycles. The molecule has 4 nitrogen and oxygen atoms in total. The highest BCUT2D eigenvalue weighted by Gasteiger charge is 2.42. The second kappa shape index (κ2) is 8.80. The Hall–Kier alpha value is -1.69. The highest BCUT2D eigenvalue weighted by atomic mass is 32.1. The number of amides is 1. The summed E-state index contributed by atoms with van der Waals surface area (Å²) in [6.45, 7) is -1.85. The van der Waals surface area contributed by atoms with Crippen molar-refractivity contribution >= 4 is 22.9 Å². The minimum absolute atomic E-state index is 0.110. The van der Waals surface area contributed by atoms with Crippen molar-refractivity contribution in [2.24, 2.45) is 0 Å². The van der Waals surface area contributed by atoms with E-state index >= 15 is 0 Å². The van der Waals surface area contributed by atoms with Crippen LogP contribution in [0.15, 0.2) is 47.7 Å². The van der Waals surface area contributed by atoms with E-state index in [2.05, 4.69) is 4.90 Å². The molecule has 0 N–H and O–H groups in total. The maximum atomic E-state index is 13.6. The number of carbonyl (C=O) groups excluding carboxylic acids is 1. The topological polar surface area (TPSA) is 32.8 Å². The van der Waals surface area contributed by atoms with E-state index in [0.717, 1.165) is 13.0 Å². The van der Waals surface area contributed by atoms with Crippen molar-refractivity contribution in [3.05, 3.63) is 52.6 Å². The van der Waals surface area contributed by atoms with Crippen molar-refractivity contribution in [3.8, 4) is 0 Å². The van der Waals surface area contributed by atoms with Gasteiger partial charge in [-0.25, -0.2) is 0 Å². The predicted molar refractivity (Wildman–Crippen MR) is 108 cm³/mol. The highest BCUT2D eigenvalue weighted by molar-refractivity contribution is 7.09. The van der Waals surface area contributed by atoms with Gasteiger partial charge in [0.25, 0.3) is 0 Å². The molecule has 0 spiro atoms. The Morgan fingerprint density at radius 2 is 2.19 bits per heavy atom. The number of benzene rings is 1. The van der Waals surface area contributed by atoms with Gasteiger partial charge in [-0.1, -0.05) is 31.0 Å². The second-order valence-electron chi connectivity index (χ2n) is 6.06. The smallest absolute Gasteiger partial charge is 0.229 e. The van der Waals surface area contributed by atoms with Crippen LogP contribution in [0.1, 0.15) is 44.7 Å². The van der Waals surface area contributed by atoms with E-state index < -0.39 is 60.8 Å². The largest absolute Gasteiger partial charge is 0.358 e. The van der Waals surface area contributed by atoms with Gasteiger partial charge < -0.3 is 9.64 Å². The lowest BCUT2D eigenvalue weighted by Gasteiger charge is -2.47. The molecule has 5 heteroatoms. The van der Waals surface area contributed by atoms with E-state index in [4.69, 9.17) is 18.4 Å². The van der Waals surface area contributed by atoms with Crippen LogP contribution >= 0.6 is 11.3 Å². The van der Waals surface area contributed by atoms with Crippen LogP contribution in [0.4, 0.5) is 5.69 Å². The first-order valence-electron chi connectivity index (χ1n) is 13.4. The highest BCUT2D eigenvalue weighted by Crippen LogP contribution is 2.34. The molecule has 0 aliphatic carbocycles. The molecule has 3 rings (SSSR count). The van der Waals surface area contributed by atoms with Gasteiger partial charge >= 0.3 is 0 Å². The molecule has 2 heterocycles. The Labute approximate surface area is 174 Å². The molecule has 0 unspecified atom stereocenters. The van der Waals surface area contributed by atoms with Crippen molar-refractivity contribution in [2.45, 2.75) is 38.2 Å². The molecule has 0 atom stereocenters. The molecule has 26 heavy (non-hydrogen) atoms. The zero-order valence-corrected chi connectivity index (χ0v) is 15.4. The molecule has 1 amide bonds. The SMILES string of the molecule is [2H]c1c([2H])c([2H])c(N(C(=O)C([2H])([2H])C([2H])([2H])[2H])C2(OC)CCN(CCc3cccs3)CC2)c([2H])c1[2H]. The average molecular weight is 383 g/mol. The first kappa shape index (κ1) is 10.0. The standard InChI is InChI=1S/C21H28N2O2S/c1-3-20(24)23(18-8-5-4-6-9-18)21(25-2)12-15-22(16-13-21)14-11-19-10-7-17-26-19/h4-10,17H,3,11-16H2,1-2H3/i1D3,3D2,4D,5D,6D,8D,9D. The molecular weight excluding hydrogens is 344 g/mol. The summed E-state index contributed by atoms with van der Waals surface area (Å²) in [5, 5.41) is 1.99. The number of thiophene rings is 1. The molecule has 1 aliphatic heterocycles. The van der Waals surface area contributed by atoms with Gasteiger partial charge in [-0.05, 0) is 30.0 Å². The molecule has 0 radical (unpaired) electrons. The Bertz CT molecular complexity index is 1070. The van der Waals surface area contributed by atoms with Crippen LogP contribution in [0.5, 0.6) is 0 Å². The normalized spacial score (nSPS) is 23.7. The Morgan fingerprint density at radius 1 is 1.42 bits per heavy atom. The molecule has 2 aromatic rings. The van der Waals surface area contributed by atoms with Gasteiger partial charge in [-0.2, -0.15) is 0 Å². The zero-order chi connectivity index (χ0) is 27.1. The van der Waals surface area contributed by atoms with Gasteiger partial charge in [0.15, 0.2) is 0 Å². The molecular formula is C21H28N2O2S. The van der Waals surface area contributed by atoms with Crippen LogP contribution < -0.4 is 4.90 Å². The van der Waals surface area contributed by atoms with Crippen molar-refractivity contribution in [2.75, 3.05) is 31.6 Å². The van der Waals surface area contributed by atoms with Crippen LogP contribution in [0, 0.1) is 0 Å². The molecule has 1 fully saturated rings. The number of para-hydroxylation sites is 1. The third-order valence-electron chi connectivity index (χ3n) is 4.70. The number of methoxy groups -OCH3 is 1. The van der Waals surface area contributed by atoms with Gasteiger partial charge in [0.05, 0.1) is 6.85 Å². The van der Waals surface area contributed by atoms with E-state index in [1.165, 1.54) is 12.0 Å². The quantitative estimate of drug-likeness (QED) is 0.674. The van der Waals surface area contributed by atoms with Gasteiger partial charge in [-0.15, -0.1) is 11.3 Å². The van der Waals surface area contributed by atoms with Crippen molar-refractivity contribution < 1.29 is 23.2 Å². The van der Waals surface area contributed by atoms with Gasteiger partial charge in [0.2, 0.25) is 5.91 Å². The maximum absolute atomic E-state index is 13.6. The van der Waals surface area contributed by atoms with E-state index in [1.807, 2.05) is 17.5 Å². The van der Waals surface area contributed by atoms with Crippen LogP contribution in [0.2, 0.25) is 0 Å². The van der Waals surface area contributed by atoms with Crippen LogP contribution in [-0.4, -0.2) is 43.3 Å². The van der Waals surface area contributed by atoms with Crippen LogP contribution in [0.3, 0.4) is 0 Å². The van der Waals surface area contributed by atoms with Crippen LogP contribution in [-0.2, 0) is 16.0 Å². The van der Waals surface area contributed by atoms with Gasteiger partial charge in [0, 0.05) is 63.4 Å². The summed E-state index contributed by atoms with van der Waals surface area (Å²) in [6, 6.07) is 0.378.